The van der Waals surface area contributed by atoms with E-state index < -0.39 is 36.1 Å². The van der Waals surface area contributed by atoms with E-state index in [4.69, 9.17) is 14.6 Å². The Morgan fingerprint density at radius 1 is 0.917 bits per heavy atom. The minimum absolute atomic E-state index is 0.0147. The Kier molecular flexibility index (Phi) is 12.7. The summed E-state index contributed by atoms with van der Waals surface area (Å²) in [5.41, 5.74) is -0.0154. The van der Waals surface area contributed by atoms with Crippen LogP contribution in [0.5, 0.6) is 0 Å². The van der Waals surface area contributed by atoms with Crippen LogP contribution in [0.1, 0.15) is 97.0 Å². The predicted octanol–water partition coefficient (Wildman–Crippen LogP) is 5.34. The van der Waals surface area contributed by atoms with Gasteiger partial charge < -0.3 is 25.2 Å². The number of rotatable bonds is 8. The molecule has 0 heterocycles. The van der Waals surface area contributed by atoms with Crippen molar-refractivity contribution < 1.29 is 29.0 Å². The highest BCUT2D eigenvalue weighted by molar-refractivity contribution is 5.85. The molecule has 0 spiro atoms. The van der Waals surface area contributed by atoms with Gasteiger partial charge in [0.05, 0.1) is 6.42 Å². The van der Waals surface area contributed by atoms with Crippen molar-refractivity contribution in [2.75, 3.05) is 0 Å². The zero-order valence-electron chi connectivity index (χ0n) is 22.1. The molecule has 1 amide bonds. The molecule has 0 radical (unpaired) electrons. The Labute approximate surface area is 215 Å². The molecule has 3 rings (SSSR count). The maximum atomic E-state index is 11.9. The number of carbonyl (C=O) groups is 3. The molecule has 36 heavy (non-hydrogen) atoms. The second kappa shape index (κ2) is 15.5. The van der Waals surface area contributed by atoms with Gasteiger partial charge in [-0.3, -0.25) is 4.79 Å². The molecule has 1 atom stereocenters. The van der Waals surface area contributed by atoms with Crippen LogP contribution >= 0.6 is 0 Å². The minimum Gasteiger partial charge on any atom is -0.481 e. The van der Waals surface area contributed by atoms with Gasteiger partial charge in [-0.15, -0.1) is 0 Å². The van der Waals surface area contributed by atoms with Gasteiger partial charge in [0.25, 0.3) is 0 Å². The summed E-state index contributed by atoms with van der Waals surface area (Å²) in [6.45, 7) is 4.96. The van der Waals surface area contributed by atoms with E-state index in [0.29, 0.717) is 0 Å². The van der Waals surface area contributed by atoms with Crippen LogP contribution in [-0.4, -0.2) is 46.9 Å². The third-order valence-corrected chi connectivity index (χ3v) is 6.26. The van der Waals surface area contributed by atoms with Gasteiger partial charge in [0.2, 0.25) is 0 Å². The Morgan fingerprint density at radius 2 is 1.44 bits per heavy atom. The number of carboxylic acid groups (broad SMARTS) is 1. The molecule has 0 aliphatic heterocycles. The lowest BCUT2D eigenvalue weighted by Crippen LogP contribution is -2.45. The number of esters is 1. The first-order chi connectivity index (χ1) is 17.1. The van der Waals surface area contributed by atoms with E-state index in [2.05, 4.69) is 10.6 Å². The fourth-order valence-electron chi connectivity index (χ4n) is 4.52. The average molecular weight is 505 g/mol. The topological polar surface area (TPSA) is 114 Å². The van der Waals surface area contributed by atoms with Gasteiger partial charge in [0.1, 0.15) is 18.2 Å². The van der Waals surface area contributed by atoms with Crippen LogP contribution in [0.25, 0.3) is 0 Å². The fourth-order valence-corrected chi connectivity index (χ4v) is 4.52. The van der Waals surface area contributed by atoms with E-state index in [-0.39, 0.29) is 6.61 Å². The lowest BCUT2D eigenvalue weighted by molar-refractivity contribution is -0.159. The zero-order chi connectivity index (χ0) is 26.4. The van der Waals surface area contributed by atoms with Gasteiger partial charge >= 0.3 is 18.0 Å². The summed E-state index contributed by atoms with van der Waals surface area (Å²) >= 11 is 0. The van der Waals surface area contributed by atoms with Gasteiger partial charge in [-0.05, 0) is 52.0 Å². The maximum absolute atomic E-state index is 11.9. The molecule has 2 saturated carbocycles. The van der Waals surface area contributed by atoms with Crippen molar-refractivity contribution in [2.45, 2.75) is 122 Å². The number of ether oxygens (including phenoxy) is 2. The predicted molar refractivity (Wildman–Crippen MR) is 139 cm³/mol. The summed E-state index contributed by atoms with van der Waals surface area (Å²) in [7, 11) is 0. The molecule has 1 aromatic rings. The van der Waals surface area contributed by atoms with Crippen molar-refractivity contribution in [3.63, 3.8) is 0 Å². The van der Waals surface area contributed by atoms with Crippen molar-refractivity contribution in [1.82, 2.24) is 10.6 Å². The molecule has 2 aliphatic rings. The van der Waals surface area contributed by atoms with Crippen LogP contribution < -0.4 is 10.6 Å². The lowest BCUT2D eigenvalue weighted by Gasteiger charge is -2.30. The van der Waals surface area contributed by atoms with Crippen molar-refractivity contribution in [2.24, 2.45) is 0 Å². The van der Waals surface area contributed by atoms with Gasteiger partial charge in [-0.25, -0.2) is 9.59 Å². The van der Waals surface area contributed by atoms with E-state index in [1.807, 2.05) is 6.07 Å². The Bertz CT molecular complexity index is 780. The van der Waals surface area contributed by atoms with Crippen molar-refractivity contribution >= 4 is 18.0 Å². The van der Waals surface area contributed by atoms with E-state index in [1.54, 1.807) is 45.0 Å². The molecule has 0 aromatic heterocycles. The number of nitrogens with one attached hydrogen (secondary N) is 2. The number of benzene rings is 1. The number of carbonyl (C=O) groups excluding carboxylic acids is 2. The molecule has 1 aromatic carbocycles. The highest BCUT2D eigenvalue weighted by Crippen LogP contribution is 2.22. The summed E-state index contributed by atoms with van der Waals surface area (Å²) < 4.78 is 10.1. The fraction of sp³-hybridized carbons (Fsp3) is 0.679. The first-order valence-corrected chi connectivity index (χ1v) is 13.3. The van der Waals surface area contributed by atoms with Crippen LogP contribution in [0.3, 0.4) is 0 Å². The van der Waals surface area contributed by atoms with Crippen LogP contribution in [0.15, 0.2) is 30.3 Å². The second-order valence-corrected chi connectivity index (χ2v) is 10.7. The third-order valence-electron chi connectivity index (χ3n) is 6.26. The van der Waals surface area contributed by atoms with Gasteiger partial charge in [0.15, 0.2) is 0 Å². The Balaban J connectivity index is 0.000000293. The molecule has 1 unspecified atom stereocenters. The van der Waals surface area contributed by atoms with Gasteiger partial charge in [0, 0.05) is 12.1 Å². The van der Waals surface area contributed by atoms with Crippen molar-refractivity contribution in [3.05, 3.63) is 35.9 Å². The minimum atomic E-state index is -1.31. The summed E-state index contributed by atoms with van der Waals surface area (Å²) in [6, 6.07) is 9.40. The van der Waals surface area contributed by atoms with Crippen LogP contribution in [0.2, 0.25) is 0 Å². The number of carboxylic acids is 1. The highest BCUT2D eigenvalue weighted by Gasteiger charge is 2.29. The molecule has 0 saturated heterocycles. The molecule has 8 heteroatoms. The highest BCUT2D eigenvalue weighted by atomic mass is 16.6. The zero-order valence-corrected chi connectivity index (χ0v) is 22.1. The molecule has 202 valence electrons. The third kappa shape index (κ3) is 12.9. The molecule has 3 N–H and O–H groups in total. The van der Waals surface area contributed by atoms with Crippen LogP contribution in [0, 0.1) is 0 Å². The quantitative estimate of drug-likeness (QED) is 0.410. The number of hydrogen-bond acceptors (Lipinski definition) is 6. The number of amides is 1. The molecule has 2 fully saturated rings. The summed E-state index contributed by atoms with van der Waals surface area (Å²) in [5, 5.41) is 14.9. The molecule has 2 aliphatic carbocycles. The summed E-state index contributed by atoms with van der Waals surface area (Å²) in [6.07, 6.45) is 13.1. The summed E-state index contributed by atoms with van der Waals surface area (Å²) in [5.74, 6) is -2.05. The Morgan fingerprint density at radius 3 is 1.92 bits per heavy atom. The second-order valence-electron chi connectivity index (χ2n) is 10.7. The first-order valence-electron chi connectivity index (χ1n) is 13.3. The molecular weight excluding hydrogens is 460 g/mol. The SMILES string of the molecule is C1CCC(NC2CCCCC2)CC1.CC(C)(C)OC(=O)C(CC(=O)O)NC(=O)OCc1ccccc1. The van der Waals surface area contributed by atoms with E-state index >= 15 is 0 Å². The number of aliphatic carboxylic acids is 1. The van der Waals surface area contributed by atoms with Gasteiger partial charge in [-0.1, -0.05) is 68.9 Å². The Hall–Kier alpha value is -2.61. The van der Waals surface area contributed by atoms with Crippen LogP contribution in [0.4, 0.5) is 4.79 Å². The smallest absolute Gasteiger partial charge is 0.408 e. The molecular formula is C28H44N2O6. The molecule has 8 nitrogen and oxygen atoms in total. The average Bonchev–Trinajstić information content (AvgIpc) is 2.83. The first kappa shape index (κ1) is 29.6. The standard InChI is InChI=1S/C16H21NO6.C12H23N/c1-16(2,3)23-14(20)12(9-13(18)19)17-15(21)22-10-11-7-5-4-6-8-11;1-3-7-11(8-4-1)13-12-9-5-2-6-10-12/h4-8,12H,9-10H2,1-3H3,(H,17,21)(H,18,19);11-13H,1-10H2. The van der Waals surface area contributed by atoms with Gasteiger partial charge in [-0.2, -0.15) is 0 Å². The normalized spacial score (nSPS) is 17.8. The molecule has 0 bridgehead atoms. The number of hydrogen-bond donors (Lipinski definition) is 3. The number of alkyl carbamates (subject to hydrolysis) is 1. The maximum Gasteiger partial charge on any atom is 0.408 e. The van der Waals surface area contributed by atoms with E-state index in [0.717, 1.165) is 17.6 Å². The largest absolute Gasteiger partial charge is 0.481 e. The van der Waals surface area contributed by atoms with Crippen LogP contribution in [-0.2, 0) is 25.7 Å². The van der Waals surface area contributed by atoms with E-state index in [9.17, 15) is 14.4 Å². The van der Waals surface area contributed by atoms with E-state index in [1.165, 1.54) is 64.2 Å². The summed E-state index contributed by atoms with van der Waals surface area (Å²) in [4.78, 5) is 34.5. The lowest BCUT2D eigenvalue weighted by atomic mass is 9.91. The van der Waals surface area contributed by atoms with Crippen molar-refractivity contribution in [3.8, 4) is 0 Å². The van der Waals surface area contributed by atoms with Crippen molar-refractivity contribution in [1.29, 1.82) is 0 Å². The monoisotopic (exact) mass is 504 g/mol.